The van der Waals surface area contributed by atoms with E-state index >= 15 is 0 Å². The molecule has 1 aromatic carbocycles. The van der Waals surface area contributed by atoms with Crippen LogP contribution in [0.15, 0.2) is 30.3 Å². The van der Waals surface area contributed by atoms with Crippen molar-refractivity contribution >= 4 is 29.7 Å². The molecule has 156 valence electrons. The molecule has 1 aliphatic rings. The first-order valence-corrected chi connectivity index (χ1v) is 8.22. The molecular formula is C17H15F3N2O7. The summed E-state index contributed by atoms with van der Waals surface area (Å²) in [4.78, 5) is 62.6. The van der Waals surface area contributed by atoms with Crippen LogP contribution in [0.3, 0.4) is 0 Å². The predicted octanol–water partition coefficient (Wildman–Crippen LogP) is 0.774. The molecule has 1 atom stereocenters. The van der Waals surface area contributed by atoms with E-state index in [2.05, 4.69) is 4.84 Å². The van der Waals surface area contributed by atoms with Crippen LogP contribution in [-0.2, 0) is 40.2 Å². The Hall–Kier alpha value is -3.44. The topological polar surface area (TPSA) is 119 Å². The highest BCUT2D eigenvalue weighted by molar-refractivity contribution is 6.02. The molecule has 2 rings (SSSR count). The summed E-state index contributed by atoms with van der Waals surface area (Å²) in [6.45, 7) is -0.224. The SMILES string of the molecule is O=C(C[C@H](NC(=O)C(F)(F)F)C(=O)ON1C(=O)CCC1=O)OCc1ccccc1. The lowest BCUT2D eigenvalue weighted by atomic mass is 10.2. The summed E-state index contributed by atoms with van der Waals surface area (Å²) in [5.41, 5.74) is 0.576. The van der Waals surface area contributed by atoms with Gasteiger partial charge < -0.3 is 14.9 Å². The molecule has 1 fully saturated rings. The van der Waals surface area contributed by atoms with Crippen molar-refractivity contribution in [2.45, 2.75) is 38.1 Å². The molecule has 9 nitrogen and oxygen atoms in total. The molecule has 0 aromatic heterocycles. The van der Waals surface area contributed by atoms with Crippen LogP contribution in [0.2, 0.25) is 0 Å². The Balaban J connectivity index is 2.04. The first kappa shape index (κ1) is 21.9. The minimum absolute atomic E-state index is 0.0877. The Morgan fingerprint density at radius 2 is 1.66 bits per heavy atom. The molecule has 0 spiro atoms. The molecule has 1 aromatic rings. The van der Waals surface area contributed by atoms with Gasteiger partial charge in [-0.2, -0.15) is 13.2 Å². The lowest BCUT2D eigenvalue weighted by Gasteiger charge is -2.20. The predicted molar refractivity (Wildman–Crippen MR) is 86.0 cm³/mol. The third kappa shape index (κ3) is 6.30. The molecule has 0 unspecified atom stereocenters. The van der Waals surface area contributed by atoms with Gasteiger partial charge in [0, 0.05) is 12.8 Å². The van der Waals surface area contributed by atoms with Crippen LogP contribution >= 0.6 is 0 Å². The minimum Gasteiger partial charge on any atom is -0.461 e. The van der Waals surface area contributed by atoms with E-state index in [4.69, 9.17) is 4.74 Å². The van der Waals surface area contributed by atoms with E-state index in [1.165, 1.54) is 5.32 Å². The van der Waals surface area contributed by atoms with E-state index in [0.29, 0.717) is 5.56 Å². The molecule has 1 N–H and O–H groups in total. The maximum absolute atomic E-state index is 12.5. The molecular weight excluding hydrogens is 401 g/mol. The monoisotopic (exact) mass is 416 g/mol. The smallest absolute Gasteiger partial charge is 0.461 e. The van der Waals surface area contributed by atoms with Gasteiger partial charge in [0.25, 0.3) is 11.8 Å². The molecule has 3 amide bonds. The van der Waals surface area contributed by atoms with Gasteiger partial charge in [0.15, 0.2) is 0 Å². The first-order valence-electron chi connectivity index (χ1n) is 8.22. The summed E-state index contributed by atoms with van der Waals surface area (Å²) < 4.78 is 42.4. The zero-order valence-electron chi connectivity index (χ0n) is 14.7. The lowest BCUT2D eigenvalue weighted by Crippen LogP contribution is -2.50. The molecule has 0 bridgehead atoms. The van der Waals surface area contributed by atoms with Crippen LogP contribution in [0.4, 0.5) is 13.2 Å². The number of rotatable bonds is 7. The van der Waals surface area contributed by atoms with Crippen LogP contribution in [0, 0.1) is 0 Å². The van der Waals surface area contributed by atoms with Crippen LogP contribution in [0.5, 0.6) is 0 Å². The fourth-order valence-electron chi connectivity index (χ4n) is 2.21. The van der Waals surface area contributed by atoms with Crippen molar-refractivity contribution in [3.8, 4) is 0 Å². The Morgan fingerprint density at radius 1 is 1.07 bits per heavy atom. The number of imide groups is 1. The highest BCUT2D eigenvalue weighted by atomic mass is 19.4. The van der Waals surface area contributed by atoms with Gasteiger partial charge in [0.1, 0.15) is 12.6 Å². The fourth-order valence-corrected chi connectivity index (χ4v) is 2.21. The van der Waals surface area contributed by atoms with Gasteiger partial charge in [-0.3, -0.25) is 19.2 Å². The van der Waals surface area contributed by atoms with E-state index in [9.17, 15) is 37.1 Å². The van der Waals surface area contributed by atoms with Crippen molar-refractivity contribution in [2.24, 2.45) is 0 Å². The fraction of sp³-hybridized carbons (Fsp3) is 0.353. The van der Waals surface area contributed by atoms with Gasteiger partial charge in [0.05, 0.1) is 6.42 Å². The molecule has 1 aliphatic heterocycles. The second-order valence-corrected chi connectivity index (χ2v) is 5.87. The number of amides is 3. The molecule has 0 saturated carbocycles. The lowest BCUT2D eigenvalue weighted by molar-refractivity contribution is -0.200. The highest BCUT2D eigenvalue weighted by Crippen LogP contribution is 2.17. The number of hydrogen-bond donors (Lipinski definition) is 1. The Morgan fingerprint density at radius 3 is 2.21 bits per heavy atom. The zero-order chi connectivity index (χ0) is 21.6. The number of nitrogens with one attached hydrogen (secondary N) is 1. The van der Waals surface area contributed by atoms with Gasteiger partial charge in [0.2, 0.25) is 0 Å². The van der Waals surface area contributed by atoms with Crippen molar-refractivity contribution in [2.75, 3.05) is 0 Å². The maximum atomic E-state index is 12.5. The summed E-state index contributed by atoms with van der Waals surface area (Å²) in [6, 6.07) is 6.15. The van der Waals surface area contributed by atoms with Crippen molar-refractivity contribution in [1.29, 1.82) is 0 Å². The van der Waals surface area contributed by atoms with Gasteiger partial charge in [-0.1, -0.05) is 30.3 Å². The zero-order valence-corrected chi connectivity index (χ0v) is 14.7. The Bertz CT molecular complexity index is 795. The number of halogens is 3. The number of alkyl halides is 3. The first-order chi connectivity index (χ1) is 13.6. The largest absolute Gasteiger partial charge is 0.471 e. The van der Waals surface area contributed by atoms with Crippen LogP contribution in [0.1, 0.15) is 24.8 Å². The molecule has 1 heterocycles. The van der Waals surface area contributed by atoms with E-state index < -0.39 is 48.3 Å². The van der Waals surface area contributed by atoms with Gasteiger partial charge in [-0.25, -0.2) is 4.79 Å². The number of hydrogen-bond acceptors (Lipinski definition) is 7. The molecule has 0 aliphatic carbocycles. The number of carbonyl (C=O) groups is 5. The standard InChI is InChI=1S/C17H15F3N2O7/c18-17(19,20)16(27)21-11(15(26)29-22-12(23)6-7-13(22)24)8-14(25)28-9-10-4-2-1-3-5-10/h1-5,11H,6-9H2,(H,21,27)/t11-/m0/s1. The number of carbonyl (C=O) groups excluding carboxylic acids is 5. The average Bonchev–Trinajstić information content (AvgIpc) is 2.97. The second-order valence-electron chi connectivity index (χ2n) is 5.87. The van der Waals surface area contributed by atoms with Crippen molar-refractivity contribution in [3.63, 3.8) is 0 Å². The molecule has 1 saturated heterocycles. The van der Waals surface area contributed by atoms with Crippen LogP contribution < -0.4 is 5.32 Å². The summed E-state index contributed by atoms with van der Waals surface area (Å²) in [5.74, 6) is -6.97. The van der Waals surface area contributed by atoms with E-state index in [-0.39, 0.29) is 24.5 Å². The number of benzene rings is 1. The highest BCUT2D eigenvalue weighted by Gasteiger charge is 2.43. The Labute approximate surface area is 161 Å². The van der Waals surface area contributed by atoms with E-state index in [1.807, 2.05) is 0 Å². The quantitative estimate of drug-likeness (QED) is 0.515. The summed E-state index contributed by atoms with van der Waals surface area (Å²) in [5, 5.41) is 1.39. The number of hydroxylamine groups is 2. The Kier molecular flexibility index (Phi) is 6.91. The molecule has 0 radical (unpaired) electrons. The third-order valence-corrected chi connectivity index (χ3v) is 3.65. The van der Waals surface area contributed by atoms with Gasteiger partial charge in [-0.15, -0.1) is 5.06 Å². The maximum Gasteiger partial charge on any atom is 0.471 e. The summed E-state index contributed by atoms with van der Waals surface area (Å²) in [7, 11) is 0. The minimum atomic E-state index is -5.34. The van der Waals surface area contributed by atoms with Crippen molar-refractivity contribution < 1.29 is 46.7 Å². The normalized spacial score (nSPS) is 15.1. The molecule has 12 heteroatoms. The van der Waals surface area contributed by atoms with Gasteiger partial charge in [-0.05, 0) is 5.56 Å². The van der Waals surface area contributed by atoms with E-state index in [0.717, 1.165) is 0 Å². The summed E-state index contributed by atoms with van der Waals surface area (Å²) in [6.07, 6.45) is -6.84. The van der Waals surface area contributed by atoms with Crippen LogP contribution in [-0.4, -0.2) is 46.9 Å². The second kappa shape index (κ2) is 9.17. The van der Waals surface area contributed by atoms with Crippen molar-refractivity contribution in [1.82, 2.24) is 10.4 Å². The van der Waals surface area contributed by atoms with E-state index in [1.54, 1.807) is 30.3 Å². The number of esters is 1. The van der Waals surface area contributed by atoms with Crippen molar-refractivity contribution in [3.05, 3.63) is 35.9 Å². The summed E-state index contributed by atoms with van der Waals surface area (Å²) >= 11 is 0. The number of nitrogens with zero attached hydrogens (tertiary/aromatic N) is 1. The third-order valence-electron chi connectivity index (χ3n) is 3.65. The average molecular weight is 416 g/mol. The van der Waals surface area contributed by atoms with Crippen LogP contribution in [0.25, 0.3) is 0 Å². The molecule has 29 heavy (non-hydrogen) atoms. The number of ether oxygens (including phenoxy) is 1. The van der Waals surface area contributed by atoms with Gasteiger partial charge >= 0.3 is 24.0 Å².